The van der Waals surface area contributed by atoms with E-state index in [4.69, 9.17) is 32.5 Å². The van der Waals surface area contributed by atoms with Gasteiger partial charge in [-0.15, -0.1) is 0 Å². The number of allylic oxidation sites excluding steroid dienone is 1. The summed E-state index contributed by atoms with van der Waals surface area (Å²) in [6.07, 6.45) is -4.53. The average molecular weight is 1040 g/mol. The molecule has 10 atom stereocenters. The van der Waals surface area contributed by atoms with Gasteiger partial charge < -0.3 is 48.3 Å². The van der Waals surface area contributed by atoms with E-state index in [1.165, 1.54) is 6.92 Å². The topological polar surface area (TPSA) is 194 Å². The highest BCUT2D eigenvalue weighted by Gasteiger charge is 2.81. The molecule has 2 amide bonds. The molecule has 4 aliphatic rings. The number of fused-ring (bicyclic) bond motifs is 5. The number of carbonyl (C=O) groups excluding carboxylic acids is 5. The summed E-state index contributed by atoms with van der Waals surface area (Å²) in [6.45, 7) is 36.2. The lowest BCUT2D eigenvalue weighted by Crippen LogP contribution is -2.80. The SMILES string of the molecule is CC[Si](CC)(CC)O[C@H]1C[C@H]2OC[C@@]2(OC(C)=O)C2C(OC(=O)c3ccccc3)[C@@]3(O)O[C@@H](C(=O)[C@@]21C)/C(=C(\C)CNC(=O)[C@H](O[Si](C(C)C)(C(C)C)C(C)C)[C@H](C=C(C)C)NC(=O)OC(C)(C)C)C3(C)C. The van der Waals surface area contributed by atoms with Crippen LogP contribution in [0, 0.1) is 16.7 Å². The molecule has 0 radical (unpaired) electrons. The van der Waals surface area contributed by atoms with Crippen LogP contribution < -0.4 is 10.6 Å². The van der Waals surface area contributed by atoms with Gasteiger partial charge in [-0.3, -0.25) is 14.4 Å². The zero-order chi connectivity index (χ0) is 54.3. The Kier molecular flexibility index (Phi) is 18.0. The predicted molar refractivity (Wildman–Crippen MR) is 281 cm³/mol. The minimum atomic E-state index is -2.82. The van der Waals surface area contributed by atoms with Crippen LogP contribution in [0.2, 0.25) is 34.8 Å². The van der Waals surface area contributed by atoms with Crippen molar-refractivity contribution in [3.8, 4) is 0 Å². The average Bonchev–Trinajstić information content (AvgIpc) is 3.46. The zero-order valence-corrected chi connectivity index (χ0v) is 48.8. The second-order valence-corrected chi connectivity index (χ2v) is 33.9. The summed E-state index contributed by atoms with van der Waals surface area (Å²) < 4.78 is 46.3. The van der Waals surface area contributed by atoms with E-state index < -0.39 is 117 Å². The van der Waals surface area contributed by atoms with Crippen molar-refractivity contribution >= 4 is 46.4 Å². The Bertz CT molecular complexity index is 2200. The first-order valence-electron chi connectivity index (χ1n) is 26.3. The van der Waals surface area contributed by atoms with Gasteiger partial charge in [0.1, 0.15) is 23.9 Å². The molecule has 3 aliphatic heterocycles. The van der Waals surface area contributed by atoms with Gasteiger partial charge in [-0.25, -0.2) is 9.59 Å². The fourth-order valence-electron chi connectivity index (χ4n) is 12.9. The number of esters is 2. The van der Waals surface area contributed by atoms with Crippen molar-refractivity contribution in [1.29, 1.82) is 0 Å². The fraction of sp³-hybridized carbons (Fsp3) is 0.727. The number of Topliss-reactive ketones (excluding diaryl/α,β-unsaturated/α-hetero) is 1. The number of ether oxygens (including phenoxy) is 5. The van der Waals surface area contributed by atoms with Gasteiger partial charge in [-0.05, 0) is 101 Å². The number of carbonyl (C=O) groups is 5. The largest absolute Gasteiger partial charge is 0.453 e. The van der Waals surface area contributed by atoms with E-state index >= 15 is 9.59 Å². The molecule has 0 aromatic heterocycles. The molecule has 3 N–H and O–H groups in total. The molecule has 1 aromatic carbocycles. The monoisotopic (exact) mass is 1040 g/mol. The second kappa shape index (κ2) is 21.9. The van der Waals surface area contributed by atoms with E-state index in [-0.39, 0.29) is 41.8 Å². The molecule has 4 fully saturated rings. The Morgan fingerprint density at radius 2 is 1.47 bits per heavy atom. The highest BCUT2D eigenvalue weighted by atomic mass is 28.4. The van der Waals surface area contributed by atoms with E-state index in [2.05, 4.69) is 72.9 Å². The lowest BCUT2D eigenvalue weighted by atomic mass is 9.49. The Morgan fingerprint density at radius 3 is 1.94 bits per heavy atom. The van der Waals surface area contributed by atoms with Gasteiger partial charge in [-0.1, -0.05) is 112 Å². The lowest BCUT2D eigenvalue weighted by molar-refractivity contribution is -0.355. The van der Waals surface area contributed by atoms with Crippen molar-refractivity contribution in [3.05, 3.63) is 58.7 Å². The van der Waals surface area contributed by atoms with Gasteiger partial charge >= 0.3 is 18.0 Å². The number of aliphatic hydroxyl groups is 1. The molecule has 1 saturated carbocycles. The molecule has 0 spiro atoms. The summed E-state index contributed by atoms with van der Waals surface area (Å²) in [5.74, 6) is -5.95. The van der Waals surface area contributed by atoms with Crippen LogP contribution in [0.5, 0.6) is 0 Å². The third kappa shape index (κ3) is 10.7. The first kappa shape index (κ1) is 59.2. The quantitative estimate of drug-likeness (QED) is 0.0513. The van der Waals surface area contributed by atoms with Gasteiger partial charge in [0.2, 0.25) is 14.1 Å². The van der Waals surface area contributed by atoms with Gasteiger partial charge in [0, 0.05) is 25.3 Å². The molecule has 72 heavy (non-hydrogen) atoms. The summed E-state index contributed by atoms with van der Waals surface area (Å²) in [4.78, 5) is 72.6. The lowest BCUT2D eigenvalue weighted by Gasteiger charge is -2.65. The van der Waals surface area contributed by atoms with Crippen molar-refractivity contribution in [2.45, 2.75) is 226 Å². The number of hydrogen-bond donors (Lipinski definition) is 3. The molecule has 1 aliphatic carbocycles. The molecule has 404 valence electrons. The van der Waals surface area contributed by atoms with Crippen LogP contribution in [0.15, 0.2) is 53.1 Å². The van der Waals surface area contributed by atoms with Gasteiger partial charge in [0.25, 0.3) is 5.91 Å². The molecule has 5 rings (SSSR count). The van der Waals surface area contributed by atoms with E-state index in [0.717, 1.165) is 23.7 Å². The molecule has 3 saturated heterocycles. The molecule has 2 bridgehead atoms. The van der Waals surface area contributed by atoms with Crippen LogP contribution in [-0.4, -0.2) is 118 Å². The van der Waals surface area contributed by atoms with Crippen LogP contribution in [0.4, 0.5) is 4.79 Å². The molecule has 15 nitrogen and oxygen atoms in total. The number of rotatable bonds is 19. The molecule has 2 unspecified atom stereocenters. The third-order valence-corrected chi connectivity index (χ3v) is 27.3. The van der Waals surface area contributed by atoms with Gasteiger partial charge in [-0.2, -0.15) is 0 Å². The fourth-order valence-corrected chi connectivity index (χ4v) is 21.3. The maximum atomic E-state index is 16.2. The summed E-state index contributed by atoms with van der Waals surface area (Å²) in [5.41, 5.74) is -3.21. The molecular weight excluding hydrogens is 953 g/mol. The number of nitrogens with one attached hydrogen (secondary N) is 2. The number of alkyl carbamates (subject to hydrolysis) is 1. The smallest absolute Gasteiger partial charge is 0.408 e. The van der Waals surface area contributed by atoms with E-state index in [9.17, 15) is 19.5 Å². The third-order valence-electron chi connectivity index (χ3n) is 16.6. The van der Waals surface area contributed by atoms with Crippen molar-refractivity contribution in [2.24, 2.45) is 16.7 Å². The maximum Gasteiger partial charge on any atom is 0.408 e. The molecular formula is C55H88N2O13Si2. The van der Waals surface area contributed by atoms with Crippen LogP contribution in [0.25, 0.3) is 0 Å². The Hall–Kier alpha value is -3.72. The summed E-state index contributed by atoms with van der Waals surface area (Å²) in [7, 11) is -5.34. The second-order valence-electron chi connectivity index (χ2n) is 23.8. The van der Waals surface area contributed by atoms with E-state index in [1.54, 1.807) is 84.9 Å². The number of ketones is 1. The van der Waals surface area contributed by atoms with Gasteiger partial charge in [0.15, 0.2) is 25.8 Å². The van der Waals surface area contributed by atoms with Crippen molar-refractivity contribution in [2.75, 3.05) is 13.2 Å². The van der Waals surface area contributed by atoms with Crippen molar-refractivity contribution in [1.82, 2.24) is 10.6 Å². The van der Waals surface area contributed by atoms with Crippen LogP contribution in [0.1, 0.15) is 148 Å². The minimum Gasteiger partial charge on any atom is -0.453 e. The van der Waals surface area contributed by atoms with E-state index in [1.807, 2.05) is 13.8 Å². The van der Waals surface area contributed by atoms with Crippen molar-refractivity contribution < 1.29 is 61.6 Å². The minimum absolute atomic E-state index is 0.0836. The Balaban J connectivity index is 1.71. The standard InChI is InChI=1S/C55H88N2O13Si2/c1-20-71(21-2,22-3)69-40-29-41-54(31-64-41,66-37(13)58)45-47(65-49(61)38-26-24-23-25-27-38)55(63)52(17,18)42(44(67-55)46(59)53(40,45)19)36(12)30-56-48(60)43(70-72(33(6)7,34(8)9)35(10)11)39(28-32(4)5)57-50(62)68-51(14,15)16/h23-28,33-35,39-41,43-45,47,63H,20-22,29-31H2,1-19H3,(H,56,60)(H,57,62)/b42-36-/t39-,40-,41+,43+,44+,45?,47?,53+,54-,55+/m0/s1. The number of hydrogen-bond acceptors (Lipinski definition) is 13. The first-order chi connectivity index (χ1) is 33.3. The first-order valence-corrected chi connectivity index (χ1v) is 31.0. The highest BCUT2D eigenvalue weighted by molar-refractivity contribution is 6.77. The Morgan fingerprint density at radius 1 is 0.903 bits per heavy atom. The Labute approximate surface area is 431 Å². The number of benzene rings is 1. The van der Waals surface area contributed by atoms with Crippen LogP contribution >= 0.6 is 0 Å². The summed E-state index contributed by atoms with van der Waals surface area (Å²) in [5, 5.41) is 19.7. The molecule has 3 heterocycles. The molecule has 1 aromatic rings. The van der Waals surface area contributed by atoms with Crippen LogP contribution in [0.3, 0.4) is 0 Å². The van der Waals surface area contributed by atoms with E-state index in [0.29, 0.717) is 11.1 Å². The summed E-state index contributed by atoms with van der Waals surface area (Å²) >= 11 is 0. The number of amides is 2. The van der Waals surface area contributed by atoms with Crippen molar-refractivity contribution in [3.63, 3.8) is 0 Å². The van der Waals surface area contributed by atoms with Gasteiger partial charge in [0.05, 0.1) is 35.6 Å². The predicted octanol–water partition coefficient (Wildman–Crippen LogP) is 9.88. The zero-order valence-electron chi connectivity index (χ0n) is 46.8. The molecule has 17 heteroatoms. The normalized spacial score (nSPS) is 29.5. The summed E-state index contributed by atoms with van der Waals surface area (Å²) in [6, 6.07) is 9.71. The highest BCUT2D eigenvalue weighted by Crippen LogP contribution is 2.66. The van der Waals surface area contributed by atoms with Crippen LogP contribution in [-0.2, 0) is 46.9 Å². The maximum absolute atomic E-state index is 16.2.